The molecule has 0 bridgehead atoms. The van der Waals surface area contributed by atoms with Crippen molar-refractivity contribution < 1.29 is 14.7 Å². The molecule has 1 aromatic carbocycles. The Kier molecular flexibility index (Phi) is 3.94. The van der Waals surface area contributed by atoms with E-state index in [4.69, 9.17) is 5.11 Å². The van der Waals surface area contributed by atoms with Gasteiger partial charge in [-0.2, -0.15) is 0 Å². The van der Waals surface area contributed by atoms with Gasteiger partial charge < -0.3 is 5.11 Å². The quantitative estimate of drug-likeness (QED) is 0.941. The summed E-state index contributed by atoms with van der Waals surface area (Å²) in [6, 6.07) is 9.84. The van der Waals surface area contributed by atoms with Gasteiger partial charge in [-0.25, -0.2) is 4.98 Å². The molecule has 1 aliphatic heterocycles. The first-order chi connectivity index (χ1) is 10.6. The van der Waals surface area contributed by atoms with Crippen LogP contribution in [0.3, 0.4) is 0 Å². The fourth-order valence-corrected chi connectivity index (χ4v) is 3.62. The number of rotatable bonds is 4. The molecule has 2 aromatic rings. The van der Waals surface area contributed by atoms with Crippen LogP contribution in [0.4, 0.5) is 5.13 Å². The standard InChI is InChI=1S/C16H16N2O3S/c1-2-12-14(10-6-4-3-5-7-10)17-16(22-12)18-9-11(15(20)21)8-13(18)19/h3-7,11H,2,8-9H2,1H3,(H,20,21). The summed E-state index contributed by atoms with van der Waals surface area (Å²) in [5.74, 6) is -1.73. The van der Waals surface area contributed by atoms with Gasteiger partial charge in [0.15, 0.2) is 5.13 Å². The Bertz CT molecular complexity index is 711. The number of benzene rings is 1. The minimum absolute atomic E-state index is 0.0526. The summed E-state index contributed by atoms with van der Waals surface area (Å²) in [6.45, 7) is 2.26. The van der Waals surface area contributed by atoms with E-state index in [9.17, 15) is 9.59 Å². The molecule has 1 atom stereocenters. The second-order valence-electron chi connectivity index (χ2n) is 5.23. The monoisotopic (exact) mass is 316 g/mol. The van der Waals surface area contributed by atoms with Crippen LogP contribution in [0.15, 0.2) is 30.3 Å². The Morgan fingerprint density at radius 2 is 2.14 bits per heavy atom. The van der Waals surface area contributed by atoms with Gasteiger partial charge in [0.1, 0.15) is 0 Å². The number of hydrogen-bond donors (Lipinski definition) is 1. The predicted molar refractivity (Wildman–Crippen MR) is 85.0 cm³/mol. The molecule has 114 valence electrons. The van der Waals surface area contributed by atoms with E-state index in [0.29, 0.717) is 5.13 Å². The van der Waals surface area contributed by atoms with E-state index in [1.54, 1.807) is 0 Å². The lowest BCUT2D eigenvalue weighted by atomic mass is 10.1. The number of carboxylic acids is 1. The number of carboxylic acid groups (broad SMARTS) is 1. The van der Waals surface area contributed by atoms with Gasteiger partial charge >= 0.3 is 5.97 Å². The van der Waals surface area contributed by atoms with Crippen molar-refractivity contribution in [1.29, 1.82) is 0 Å². The van der Waals surface area contributed by atoms with Crippen molar-refractivity contribution in [2.45, 2.75) is 19.8 Å². The number of hydrogen-bond acceptors (Lipinski definition) is 4. The van der Waals surface area contributed by atoms with Gasteiger partial charge in [0.2, 0.25) is 5.91 Å². The SMILES string of the molecule is CCc1sc(N2CC(C(=O)O)CC2=O)nc1-c1ccccc1. The zero-order valence-electron chi connectivity index (χ0n) is 12.2. The lowest BCUT2D eigenvalue weighted by Gasteiger charge is -2.11. The number of amides is 1. The third-order valence-electron chi connectivity index (χ3n) is 3.76. The smallest absolute Gasteiger partial charge is 0.308 e. The van der Waals surface area contributed by atoms with Crippen LogP contribution >= 0.6 is 11.3 Å². The number of aryl methyl sites for hydroxylation is 1. The van der Waals surface area contributed by atoms with Crippen molar-refractivity contribution in [3.63, 3.8) is 0 Å². The molecule has 1 amide bonds. The summed E-state index contributed by atoms with van der Waals surface area (Å²) >= 11 is 1.47. The van der Waals surface area contributed by atoms with Gasteiger partial charge in [-0.3, -0.25) is 14.5 Å². The van der Waals surface area contributed by atoms with Gasteiger partial charge in [-0.1, -0.05) is 37.3 Å². The number of nitrogens with zero attached hydrogens (tertiary/aromatic N) is 2. The highest BCUT2D eigenvalue weighted by Crippen LogP contribution is 2.36. The molecule has 2 heterocycles. The lowest BCUT2D eigenvalue weighted by Crippen LogP contribution is -2.25. The van der Waals surface area contributed by atoms with Crippen LogP contribution in [0.2, 0.25) is 0 Å². The minimum atomic E-state index is -0.925. The molecule has 0 aliphatic carbocycles. The number of carbonyl (C=O) groups excluding carboxylic acids is 1. The summed E-state index contributed by atoms with van der Waals surface area (Å²) in [5, 5.41) is 9.69. The summed E-state index contributed by atoms with van der Waals surface area (Å²) in [7, 11) is 0. The summed E-state index contributed by atoms with van der Waals surface area (Å²) in [6.07, 6.45) is 0.878. The number of aromatic nitrogens is 1. The highest BCUT2D eigenvalue weighted by Gasteiger charge is 2.36. The molecule has 5 nitrogen and oxygen atoms in total. The zero-order valence-corrected chi connectivity index (χ0v) is 13.0. The first kappa shape index (κ1) is 14.7. The van der Waals surface area contributed by atoms with Crippen molar-refractivity contribution in [3.8, 4) is 11.3 Å². The molecule has 1 aliphatic rings. The van der Waals surface area contributed by atoms with E-state index in [0.717, 1.165) is 22.6 Å². The van der Waals surface area contributed by atoms with Crippen molar-refractivity contribution in [2.75, 3.05) is 11.4 Å². The second kappa shape index (κ2) is 5.88. The van der Waals surface area contributed by atoms with Crippen LogP contribution in [0.5, 0.6) is 0 Å². The fourth-order valence-electron chi connectivity index (χ4n) is 2.57. The summed E-state index contributed by atoms with van der Waals surface area (Å²) in [4.78, 5) is 30.4. The van der Waals surface area contributed by atoms with Gasteiger partial charge in [-0.05, 0) is 6.42 Å². The van der Waals surface area contributed by atoms with Gasteiger partial charge in [0, 0.05) is 23.4 Å². The second-order valence-corrected chi connectivity index (χ2v) is 6.29. The van der Waals surface area contributed by atoms with Gasteiger partial charge in [0.05, 0.1) is 11.6 Å². The van der Waals surface area contributed by atoms with E-state index in [1.807, 2.05) is 30.3 Å². The van der Waals surface area contributed by atoms with Crippen LogP contribution in [0.25, 0.3) is 11.3 Å². The molecule has 6 heteroatoms. The van der Waals surface area contributed by atoms with E-state index in [-0.39, 0.29) is 18.9 Å². The molecule has 22 heavy (non-hydrogen) atoms. The molecule has 0 saturated carbocycles. The van der Waals surface area contributed by atoms with Crippen LogP contribution in [0.1, 0.15) is 18.2 Å². The molecular weight excluding hydrogens is 300 g/mol. The van der Waals surface area contributed by atoms with Gasteiger partial charge in [0.25, 0.3) is 0 Å². The zero-order chi connectivity index (χ0) is 15.7. The Labute approximate surface area is 132 Å². The van der Waals surface area contributed by atoms with E-state index >= 15 is 0 Å². The maximum atomic E-state index is 12.1. The molecule has 0 radical (unpaired) electrons. The molecule has 3 rings (SSSR count). The normalized spacial score (nSPS) is 18.0. The van der Waals surface area contributed by atoms with E-state index < -0.39 is 11.9 Å². The van der Waals surface area contributed by atoms with Crippen molar-refractivity contribution >= 4 is 28.3 Å². The average molecular weight is 316 g/mol. The largest absolute Gasteiger partial charge is 0.481 e. The van der Waals surface area contributed by atoms with Crippen molar-refractivity contribution in [2.24, 2.45) is 5.92 Å². The molecule has 1 saturated heterocycles. The highest BCUT2D eigenvalue weighted by molar-refractivity contribution is 7.16. The lowest BCUT2D eigenvalue weighted by molar-refractivity contribution is -0.141. The average Bonchev–Trinajstić information content (AvgIpc) is 3.11. The van der Waals surface area contributed by atoms with E-state index in [2.05, 4.69) is 11.9 Å². The third-order valence-corrected chi connectivity index (χ3v) is 4.98. The topological polar surface area (TPSA) is 70.5 Å². The molecule has 1 unspecified atom stereocenters. The third kappa shape index (κ3) is 2.62. The maximum Gasteiger partial charge on any atom is 0.308 e. The molecule has 0 spiro atoms. The van der Waals surface area contributed by atoms with Crippen LogP contribution in [-0.2, 0) is 16.0 Å². The molecule has 1 aromatic heterocycles. The Hall–Kier alpha value is -2.21. The number of aliphatic carboxylic acids is 1. The molecular formula is C16H16N2O3S. The van der Waals surface area contributed by atoms with Crippen molar-refractivity contribution in [3.05, 3.63) is 35.2 Å². The molecule has 1 N–H and O–H groups in total. The Morgan fingerprint density at radius 1 is 1.41 bits per heavy atom. The minimum Gasteiger partial charge on any atom is -0.481 e. The molecule has 1 fully saturated rings. The summed E-state index contributed by atoms with van der Waals surface area (Å²) < 4.78 is 0. The van der Waals surface area contributed by atoms with Crippen LogP contribution < -0.4 is 4.90 Å². The fraction of sp³-hybridized carbons (Fsp3) is 0.312. The first-order valence-electron chi connectivity index (χ1n) is 7.18. The van der Waals surface area contributed by atoms with Crippen LogP contribution in [0, 0.1) is 5.92 Å². The predicted octanol–water partition coefficient (Wildman–Crippen LogP) is 2.81. The Morgan fingerprint density at radius 3 is 2.73 bits per heavy atom. The van der Waals surface area contributed by atoms with Crippen molar-refractivity contribution in [1.82, 2.24) is 4.98 Å². The number of anilines is 1. The van der Waals surface area contributed by atoms with E-state index in [1.165, 1.54) is 16.2 Å². The first-order valence-corrected chi connectivity index (χ1v) is 8.00. The summed E-state index contributed by atoms with van der Waals surface area (Å²) in [5.41, 5.74) is 1.90. The number of carbonyl (C=O) groups is 2. The number of thiazole rings is 1. The van der Waals surface area contributed by atoms with Gasteiger partial charge in [-0.15, -0.1) is 11.3 Å². The highest BCUT2D eigenvalue weighted by atomic mass is 32.1. The van der Waals surface area contributed by atoms with Crippen LogP contribution in [-0.4, -0.2) is 28.5 Å². The maximum absolute atomic E-state index is 12.1. The Balaban J connectivity index is 1.95.